The van der Waals surface area contributed by atoms with Crippen LogP contribution in [0.15, 0.2) is 4.47 Å². The number of halogens is 1. The lowest BCUT2D eigenvalue weighted by Gasteiger charge is -2.34. The van der Waals surface area contributed by atoms with E-state index in [-0.39, 0.29) is 5.41 Å². The predicted octanol–water partition coefficient (Wildman–Crippen LogP) is 4.20. The molecule has 0 aliphatic heterocycles. The molecule has 0 fully saturated rings. The Kier molecular flexibility index (Phi) is 6.92. The average molecular weight is 358 g/mol. The van der Waals surface area contributed by atoms with Crippen LogP contribution >= 0.6 is 15.9 Å². The monoisotopic (exact) mass is 357 g/mol. The molecule has 1 atom stereocenters. The maximum absolute atomic E-state index is 4.63. The first-order chi connectivity index (χ1) is 9.71. The third-order valence-corrected chi connectivity index (χ3v) is 5.46. The zero-order valence-corrected chi connectivity index (χ0v) is 16.3. The molecule has 1 aromatic rings. The minimum Gasteiger partial charge on any atom is -0.316 e. The fourth-order valence-corrected chi connectivity index (χ4v) is 3.27. The Morgan fingerprint density at radius 2 is 1.90 bits per heavy atom. The van der Waals surface area contributed by atoms with Crippen molar-refractivity contribution in [3.63, 3.8) is 0 Å². The van der Waals surface area contributed by atoms with Crippen LogP contribution in [0, 0.1) is 17.3 Å². The van der Waals surface area contributed by atoms with E-state index >= 15 is 0 Å². The minimum absolute atomic E-state index is 0.232. The first kappa shape index (κ1) is 18.7. The number of nitrogens with one attached hydrogen (secondary N) is 1. The lowest BCUT2D eigenvalue weighted by molar-refractivity contribution is 0.200. The summed E-state index contributed by atoms with van der Waals surface area (Å²) >= 11 is 3.75. The van der Waals surface area contributed by atoms with Crippen LogP contribution in [0.1, 0.15) is 52.9 Å². The quantitative estimate of drug-likeness (QED) is 0.755. The summed E-state index contributed by atoms with van der Waals surface area (Å²) in [4.78, 5) is 0. The molecule has 122 valence electrons. The van der Waals surface area contributed by atoms with Crippen LogP contribution in [0.4, 0.5) is 0 Å². The van der Waals surface area contributed by atoms with Crippen molar-refractivity contribution >= 4 is 15.9 Å². The van der Waals surface area contributed by atoms with Gasteiger partial charge in [-0.15, -0.1) is 0 Å². The second kappa shape index (κ2) is 7.77. The Labute approximate surface area is 139 Å². The highest BCUT2D eigenvalue weighted by Crippen LogP contribution is 2.34. The minimum atomic E-state index is 0.232. The third-order valence-electron chi connectivity index (χ3n) is 4.55. The van der Waals surface area contributed by atoms with Crippen LogP contribution in [0.3, 0.4) is 0 Å². The van der Waals surface area contributed by atoms with Gasteiger partial charge in [0.15, 0.2) is 0 Å². The van der Waals surface area contributed by atoms with Crippen LogP contribution in [0.25, 0.3) is 0 Å². The maximum Gasteiger partial charge on any atom is 0.0766 e. The number of rotatable bonds is 8. The smallest absolute Gasteiger partial charge is 0.0766 e. The fourth-order valence-electron chi connectivity index (χ4n) is 2.51. The zero-order chi connectivity index (χ0) is 16.2. The third kappa shape index (κ3) is 4.82. The zero-order valence-electron chi connectivity index (χ0n) is 14.8. The van der Waals surface area contributed by atoms with Crippen molar-refractivity contribution < 1.29 is 0 Å². The summed E-state index contributed by atoms with van der Waals surface area (Å²) in [5, 5.41) is 8.27. The summed E-state index contributed by atoms with van der Waals surface area (Å²) in [7, 11) is 2.06. The van der Waals surface area contributed by atoms with Crippen molar-refractivity contribution in [2.45, 2.75) is 54.4 Å². The first-order valence-corrected chi connectivity index (χ1v) is 8.91. The fraction of sp³-hybridized carbons (Fsp3) is 0.824. The molecule has 0 aliphatic carbocycles. The molecule has 0 bridgehead atoms. The summed E-state index contributed by atoms with van der Waals surface area (Å²) in [6.45, 7) is 15.8. The van der Waals surface area contributed by atoms with Gasteiger partial charge in [-0.1, -0.05) is 41.5 Å². The van der Waals surface area contributed by atoms with E-state index in [1.165, 1.54) is 10.2 Å². The van der Waals surface area contributed by atoms with E-state index in [1.807, 2.05) is 4.68 Å². The summed E-state index contributed by atoms with van der Waals surface area (Å²) in [5.74, 6) is 1.31. The Bertz CT molecular complexity index is 451. The first-order valence-electron chi connectivity index (χ1n) is 8.12. The van der Waals surface area contributed by atoms with Crippen LogP contribution in [0.5, 0.6) is 0 Å². The molecule has 1 rings (SSSR count). The van der Waals surface area contributed by atoms with E-state index in [9.17, 15) is 0 Å². The highest BCUT2D eigenvalue weighted by atomic mass is 79.9. The summed E-state index contributed by atoms with van der Waals surface area (Å²) in [5.41, 5.74) is 2.71. The van der Waals surface area contributed by atoms with Crippen molar-refractivity contribution in [3.05, 3.63) is 15.9 Å². The van der Waals surface area contributed by atoms with Gasteiger partial charge in [-0.2, -0.15) is 5.10 Å². The summed E-state index contributed by atoms with van der Waals surface area (Å²) in [6, 6.07) is 0. The summed E-state index contributed by atoms with van der Waals surface area (Å²) < 4.78 is 3.25. The molecule has 0 radical (unpaired) electrons. The Hall–Kier alpha value is -0.350. The number of aromatic nitrogens is 2. The van der Waals surface area contributed by atoms with Crippen molar-refractivity contribution in [1.29, 1.82) is 0 Å². The normalized spacial score (nSPS) is 15.0. The van der Waals surface area contributed by atoms with Crippen molar-refractivity contribution in [1.82, 2.24) is 15.1 Å². The average Bonchev–Trinajstić information content (AvgIpc) is 2.65. The highest BCUT2D eigenvalue weighted by Gasteiger charge is 2.31. The molecule has 0 aromatic carbocycles. The van der Waals surface area contributed by atoms with E-state index in [1.54, 1.807) is 0 Å². The van der Waals surface area contributed by atoms with E-state index in [4.69, 9.17) is 0 Å². The molecule has 0 amide bonds. The predicted molar refractivity (Wildman–Crippen MR) is 94.6 cm³/mol. The molecule has 1 heterocycles. The molecule has 1 N–H and O–H groups in total. The SMILES string of the molecule is CCc1nn(C)c(CC(C)(CNCC(C)C)C(C)C)c1Br. The van der Waals surface area contributed by atoms with Crippen LogP contribution < -0.4 is 5.32 Å². The molecule has 0 spiro atoms. The number of hydrogen-bond acceptors (Lipinski definition) is 2. The second-order valence-electron chi connectivity index (χ2n) is 7.19. The molecule has 21 heavy (non-hydrogen) atoms. The van der Waals surface area contributed by atoms with E-state index in [0.29, 0.717) is 11.8 Å². The molecular weight excluding hydrogens is 326 g/mol. The molecule has 4 heteroatoms. The van der Waals surface area contributed by atoms with Crippen molar-refractivity contribution in [2.75, 3.05) is 13.1 Å². The molecule has 1 unspecified atom stereocenters. The Morgan fingerprint density at radius 3 is 2.33 bits per heavy atom. The maximum atomic E-state index is 4.63. The van der Waals surface area contributed by atoms with Gasteiger partial charge in [0.1, 0.15) is 0 Å². The van der Waals surface area contributed by atoms with Gasteiger partial charge in [0.2, 0.25) is 0 Å². The van der Waals surface area contributed by atoms with Crippen LogP contribution in [-0.2, 0) is 19.9 Å². The lowest BCUT2D eigenvalue weighted by atomic mass is 9.75. The van der Waals surface area contributed by atoms with Gasteiger partial charge in [-0.05, 0) is 52.6 Å². The van der Waals surface area contributed by atoms with E-state index in [0.717, 1.165) is 31.6 Å². The second-order valence-corrected chi connectivity index (χ2v) is 7.99. The van der Waals surface area contributed by atoms with Gasteiger partial charge in [0.05, 0.1) is 15.9 Å². The van der Waals surface area contributed by atoms with Gasteiger partial charge < -0.3 is 5.32 Å². The molecule has 0 saturated carbocycles. The Morgan fingerprint density at radius 1 is 1.29 bits per heavy atom. The topological polar surface area (TPSA) is 29.9 Å². The number of hydrogen-bond donors (Lipinski definition) is 1. The highest BCUT2D eigenvalue weighted by molar-refractivity contribution is 9.10. The standard InChI is InChI=1S/C17H32BrN3/c1-8-14-16(18)15(21(7)20-14)9-17(6,13(4)5)11-19-10-12(2)3/h12-13,19H,8-11H2,1-7H3. The van der Waals surface area contributed by atoms with Crippen LogP contribution in [0.2, 0.25) is 0 Å². The molecule has 0 saturated heterocycles. The molecule has 1 aromatic heterocycles. The van der Waals surface area contributed by atoms with Crippen LogP contribution in [-0.4, -0.2) is 22.9 Å². The number of aryl methyl sites for hydroxylation is 2. The molecular formula is C17H32BrN3. The molecule has 0 aliphatic rings. The van der Waals surface area contributed by atoms with Crippen molar-refractivity contribution in [3.8, 4) is 0 Å². The number of nitrogens with zero attached hydrogens (tertiary/aromatic N) is 2. The molecule has 3 nitrogen and oxygen atoms in total. The van der Waals surface area contributed by atoms with Gasteiger partial charge in [-0.3, -0.25) is 4.68 Å². The van der Waals surface area contributed by atoms with E-state index < -0.39 is 0 Å². The lowest BCUT2D eigenvalue weighted by Crippen LogP contribution is -2.39. The van der Waals surface area contributed by atoms with Gasteiger partial charge in [0.25, 0.3) is 0 Å². The summed E-state index contributed by atoms with van der Waals surface area (Å²) in [6.07, 6.45) is 2.01. The van der Waals surface area contributed by atoms with Gasteiger partial charge in [0, 0.05) is 13.6 Å². The largest absolute Gasteiger partial charge is 0.316 e. The van der Waals surface area contributed by atoms with E-state index in [2.05, 4.69) is 74.9 Å². The van der Waals surface area contributed by atoms with Crippen molar-refractivity contribution in [2.24, 2.45) is 24.3 Å². The Balaban J connectivity index is 2.90. The van der Waals surface area contributed by atoms with Gasteiger partial charge >= 0.3 is 0 Å². The van der Waals surface area contributed by atoms with Gasteiger partial charge in [-0.25, -0.2) is 0 Å².